The van der Waals surface area contributed by atoms with Gasteiger partial charge in [0.2, 0.25) is 0 Å². The zero-order chi connectivity index (χ0) is 30.8. The number of fused-ring (bicyclic) bond motifs is 1. The van der Waals surface area contributed by atoms with Crippen molar-refractivity contribution in [1.29, 1.82) is 5.26 Å². The standard InChI is InChI=1S/C32H28N6O5S/c1-43-26-8-10-27(11-9-26)44(41,42)38-28-12-7-23(22-33)21-29(28)37(32(38)40)30(24-5-3-2-4-6-24)31(39)36-19-17-35(18-20-36)25-13-15-34-16-14-25/h2-16,21,30H,17-20H2,1H3. The van der Waals surface area contributed by atoms with Crippen LogP contribution in [-0.2, 0) is 14.8 Å². The number of amides is 1. The van der Waals surface area contributed by atoms with E-state index in [0.717, 1.165) is 5.69 Å². The first-order valence-electron chi connectivity index (χ1n) is 13.9. The second kappa shape index (κ2) is 11.7. The molecular weight excluding hydrogens is 580 g/mol. The van der Waals surface area contributed by atoms with Crippen LogP contribution in [0.15, 0.2) is 107 Å². The van der Waals surface area contributed by atoms with Crippen LogP contribution in [0.3, 0.4) is 0 Å². The number of carbonyl (C=O) groups excluding carboxylic acids is 1. The summed E-state index contributed by atoms with van der Waals surface area (Å²) in [5, 5.41) is 9.68. The molecule has 5 aromatic rings. The molecule has 1 atom stereocenters. The molecule has 1 aliphatic rings. The Kier molecular flexibility index (Phi) is 7.63. The lowest BCUT2D eigenvalue weighted by Gasteiger charge is -2.37. The number of nitriles is 1. The van der Waals surface area contributed by atoms with E-state index in [4.69, 9.17) is 4.74 Å². The van der Waals surface area contributed by atoms with Crippen molar-refractivity contribution in [3.63, 3.8) is 0 Å². The third-order valence-corrected chi connectivity index (χ3v) is 9.49. The van der Waals surface area contributed by atoms with Crippen molar-refractivity contribution in [3.05, 3.63) is 119 Å². The van der Waals surface area contributed by atoms with E-state index < -0.39 is 21.8 Å². The van der Waals surface area contributed by atoms with Crippen molar-refractivity contribution in [2.75, 3.05) is 38.2 Å². The molecule has 0 bridgehead atoms. The summed E-state index contributed by atoms with van der Waals surface area (Å²) in [6.45, 7) is 1.92. The van der Waals surface area contributed by atoms with Crippen LogP contribution in [-0.4, -0.2) is 66.0 Å². The number of piperazine rings is 1. The van der Waals surface area contributed by atoms with Crippen LogP contribution < -0.4 is 15.3 Å². The molecule has 1 fully saturated rings. The van der Waals surface area contributed by atoms with Crippen LogP contribution in [0.25, 0.3) is 11.0 Å². The van der Waals surface area contributed by atoms with Crippen molar-refractivity contribution in [3.8, 4) is 11.8 Å². The molecule has 12 heteroatoms. The van der Waals surface area contributed by atoms with Gasteiger partial charge in [0.25, 0.3) is 15.9 Å². The van der Waals surface area contributed by atoms with E-state index in [-0.39, 0.29) is 27.4 Å². The van der Waals surface area contributed by atoms with Gasteiger partial charge < -0.3 is 14.5 Å². The summed E-state index contributed by atoms with van der Waals surface area (Å²) in [6, 6.07) is 23.5. The molecule has 1 aliphatic heterocycles. The number of benzene rings is 3. The Balaban J connectivity index is 1.49. The number of aromatic nitrogens is 3. The van der Waals surface area contributed by atoms with Crippen molar-refractivity contribution in [2.45, 2.75) is 10.9 Å². The maximum atomic E-state index is 14.4. The van der Waals surface area contributed by atoms with Crippen molar-refractivity contribution < 1.29 is 17.9 Å². The Bertz CT molecular complexity index is 2030. The Hall–Kier alpha value is -5.41. The number of anilines is 1. The fraction of sp³-hybridized carbons (Fsp3) is 0.188. The summed E-state index contributed by atoms with van der Waals surface area (Å²) in [4.78, 5) is 36.5. The number of pyridine rings is 1. The van der Waals surface area contributed by atoms with Gasteiger partial charge in [0.05, 0.1) is 34.7 Å². The van der Waals surface area contributed by atoms with E-state index >= 15 is 0 Å². The van der Waals surface area contributed by atoms with Crippen LogP contribution in [0.1, 0.15) is 17.2 Å². The third kappa shape index (κ3) is 5.07. The topological polar surface area (TPSA) is 131 Å². The van der Waals surface area contributed by atoms with Crippen molar-refractivity contribution in [2.24, 2.45) is 0 Å². The molecule has 0 N–H and O–H groups in total. The lowest BCUT2D eigenvalue weighted by atomic mass is 10.0. The highest BCUT2D eigenvalue weighted by atomic mass is 32.2. The number of carbonyl (C=O) groups is 1. The van der Waals surface area contributed by atoms with Gasteiger partial charge in [0, 0.05) is 44.3 Å². The highest BCUT2D eigenvalue weighted by molar-refractivity contribution is 7.90. The molecular formula is C32H28N6O5S. The lowest BCUT2D eigenvalue weighted by Crippen LogP contribution is -2.51. The van der Waals surface area contributed by atoms with E-state index in [9.17, 15) is 23.3 Å². The molecule has 0 aliphatic carbocycles. The molecule has 0 radical (unpaired) electrons. The van der Waals surface area contributed by atoms with Crippen LogP contribution in [0.4, 0.5) is 5.69 Å². The minimum absolute atomic E-state index is 0.0565. The first kappa shape index (κ1) is 28.7. The molecule has 11 nitrogen and oxygen atoms in total. The van der Waals surface area contributed by atoms with E-state index in [1.54, 1.807) is 47.6 Å². The molecule has 3 aromatic carbocycles. The smallest absolute Gasteiger partial charge is 0.344 e. The zero-order valence-corrected chi connectivity index (χ0v) is 24.6. The minimum atomic E-state index is -4.42. The Morgan fingerprint density at radius 1 is 0.909 bits per heavy atom. The quantitative estimate of drug-likeness (QED) is 0.275. The Morgan fingerprint density at radius 3 is 2.23 bits per heavy atom. The van der Waals surface area contributed by atoms with E-state index in [2.05, 4.69) is 16.0 Å². The van der Waals surface area contributed by atoms with Crippen LogP contribution >= 0.6 is 0 Å². The first-order chi connectivity index (χ1) is 21.3. The summed E-state index contributed by atoms with van der Waals surface area (Å²) in [7, 11) is -2.95. The first-order valence-corrected chi connectivity index (χ1v) is 15.3. The minimum Gasteiger partial charge on any atom is -0.497 e. The fourth-order valence-electron chi connectivity index (χ4n) is 5.55. The number of hydrogen-bond acceptors (Lipinski definition) is 8. The van der Waals surface area contributed by atoms with Gasteiger partial charge in [-0.05, 0) is 60.2 Å². The summed E-state index contributed by atoms with van der Waals surface area (Å²) in [5.74, 6) is 0.104. The average Bonchev–Trinajstić information content (AvgIpc) is 3.37. The molecule has 0 spiro atoms. The monoisotopic (exact) mass is 608 g/mol. The summed E-state index contributed by atoms with van der Waals surface area (Å²) >= 11 is 0. The van der Waals surface area contributed by atoms with Gasteiger partial charge in [-0.3, -0.25) is 14.3 Å². The molecule has 222 valence electrons. The second-order valence-electron chi connectivity index (χ2n) is 10.2. The molecule has 2 aromatic heterocycles. The summed E-state index contributed by atoms with van der Waals surface area (Å²) in [6.07, 6.45) is 3.44. The Morgan fingerprint density at radius 2 is 1.59 bits per heavy atom. The molecule has 1 saturated heterocycles. The number of methoxy groups -OCH3 is 1. The number of nitrogens with zero attached hydrogens (tertiary/aromatic N) is 6. The average molecular weight is 609 g/mol. The predicted molar refractivity (Wildman–Crippen MR) is 164 cm³/mol. The van der Waals surface area contributed by atoms with Gasteiger partial charge in [0.15, 0.2) is 0 Å². The van der Waals surface area contributed by atoms with E-state index in [0.29, 0.717) is 41.5 Å². The number of hydrogen-bond donors (Lipinski definition) is 0. The maximum Gasteiger partial charge on any atom is 0.344 e. The van der Waals surface area contributed by atoms with E-state index in [1.165, 1.54) is 54.1 Å². The lowest BCUT2D eigenvalue weighted by molar-refractivity contribution is -0.133. The highest BCUT2D eigenvalue weighted by Gasteiger charge is 2.35. The van der Waals surface area contributed by atoms with Gasteiger partial charge in [-0.1, -0.05) is 30.3 Å². The summed E-state index contributed by atoms with van der Waals surface area (Å²) < 4.78 is 35.0. The van der Waals surface area contributed by atoms with Crippen LogP contribution in [0.2, 0.25) is 0 Å². The van der Waals surface area contributed by atoms with Gasteiger partial charge >= 0.3 is 5.69 Å². The SMILES string of the molecule is COc1ccc(S(=O)(=O)n2c(=O)n(C(C(=O)N3CCN(c4ccncc4)CC3)c3ccccc3)c3cc(C#N)ccc32)cc1. The number of rotatable bonds is 7. The van der Waals surface area contributed by atoms with Gasteiger partial charge in [0.1, 0.15) is 11.8 Å². The van der Waals surface area contributed by atoms with Crippen molar-refractivity contribution in [1.82, 2.24) is 18.4 Å². The largest absolute Gasteiger partial charge is 0.497 e. The molecule has 44 heavy (non-hydrogen) atoms. The molecule has 6 rings (SSSR count). The maximum absolute atomic E-state index is 14.4. The van der Waals surface area contributed by atoms with Crippen LogP contribution in [0, 0.1) is 11.3 Å². The normalized spacial score (nSPS) is 14.3. The molecule has 3 heterocycles. The van der Waals surface area contributed by atoms with E-state index in [1.807, 2.05) is 12.1 Å². The van der Waals surface area contributed by atoms with Crippen molar-refractivity contribution >= 4 is 32.7 Å². The highest BCUT2D eigenvalue weighted by Crippen LogP contribution is 2.29. The third-order valence-electron chi connectivity index (χ3n) is 7.79. The zero-order valence-electron chi connectivity index (χ0n) is 23.8. The second-order valence-corrected chi connectivity index (χ2v) is 12.0. The fourth-order valence-corrected chi connectivity index (χ4v) is 6.94. The van der Waals surface area contributed by atoms with Crippen LogP contribution in [0.5, 0.6) is 5.75 Å². The van der Waals surface area contributed by atoms with Gasteiger partial charge in [-0.25, -0.2) is 13.2 Å². The number of imidazole rings is 1. The van der Waals surface area contributed by atoms with Gasteiger partial charge in [-0.15, -0.1) is 0 Å². The van der Waals surface area contributed by atoms with Gasteiger partial charge in [-0.2, -0.15) is 9.23 Å². The summed E-state index contributed by atoms with van der Waals surface area (Å²) in [5.41, 5.74) is 1.03. The molecule has 1 unspecified atom stereocenters. The predicted octanol–water partition coefficient (Wildman–Crippen LogP) is 3.25. The Labute approximate surface area is 253 Å². The molecule has 1 amide bonds. The molecule has 0 saturated carbocycles. The number of ether oxygens (including phenoxy) is 1.